The average Bonchev–Trinajstić information content (AvgIpc) is 2.73. The number of nitrogens with one attached hydrogen (secondary N) is 2. The number of H-pyrrole nitrogens is 1. The Balaban J connectivity index is 2.19. The Kier molecular flexibility index (Phi) is 5.23. The zero-order valence-electron chi connectivity index (χ0n) is 16.0. The summed E-state index contributed by atoms with van der Waals surface area (Å²) in [5, 5.41) is 3.02. The summed E-state index contributed by atoms with van der Waals surface area (Å²) in [5.41, 5.74) is 2.91. The minimum absolute atomic E-state index is 0.0528. The van der Waals surface area contributed by atoms with Crippen molar-refractivity contribution in [2.24, 2.45) is 11.3 Å². The number of hydrogen-bond donors (Lipinski definition) is 2. The van der Waals surface area contributed by atoms with Gasteiger partial charge in [-0.25, -0.2) is 0 Å². The van der Waals surface area contributed by atoms with Gasteiger partial charge in [-0.15, -0.1) is 0 Å². The molecule has 0 aliphatic heterocycles. The van der Waals surface area contributed by atoms with Crippen molar-refractivity contribution in [1.29, 1.82) is 0 Å². The second-order valence-electron chi connectivity index (χ2n) is 8.40. The molecule has 2 rings (SSSR count). The first-order valence-corrected chi connectivity index (χ1v) is 8.72. The van der Waals surface area contributed by atoms with E-state index < -0.39 is 0 Å². The second kappa shape index (κ2) is 6.71. The van der Waals surface area contributed by atoms with E-state index in [1.54, 1.807) is 0 Å². The first kappa shape index (κ1) is 18.7. The number of carbonyl (C=O) groups excluding carboxylic acids is 2. The number of aromatic nitrogens is 1. The molecule has 0 fully saturated rings. The predicted octanol–water partition coefficient (Wildman–Crippen LogP) is 2.79. The molecule has 1 atom stereocenters. The molecular formula is C19H31N3O2. The van der Waals surface area contributed by atoms with E-state index in [2.05, 4.69) is 42.9 Å². The van der Waals surface area contributed by atoms with E-state index in [0.29, 0.717) is 24.6 Å². The molecular weight excluding hydrogens is 302 g/mol. The molecule has 0 unspecified atom stereocenters. The van der Waals surface area contributed by atoms with E-state index in [0.717, 1.165) is 23.2 Å². The van der Waals surface area contributed by atoms with Crippen LogP contribution in [0.2, 0.25) is 0 Å². The number of ketones is 1. The van der Waals surface area contributed by atoms with Gasteiger partial charge in [0.2, 0.25) is 0 Å². The predicted molar refractivity (Wildman–Crippen MR) is 96.6 cm³/mol. The molecule has 1 aliphatic carbocycles. The van der Waals surface area contributed by atoms with Crippen molar-refractivity contribution in [3.8, 4) is 0 Å². The number of likely N-dealkylation sites (N-methyl/N-ethyl adjacent to an activating group) is 1. The fourth-order valence-corrected chi connectivity index (χ4v) is 3.76. The lowest BCUT2D eigenvalue weighted by molar-refractivity contribution is 0.0908. The van der Waals surface area contributed by atoms with Gasteiger partial charge in [-0.3, -0.25) is 9.59 Å². The van der Waals surface area contributed by atoms with E-state index in [9.17, 15) is 9.59 Å². The largest absolute Gasteiger partial charge is 0.354 e. The van der Waals surface area contributed by atoms with Crippen LogP contribution in [0.3, 0.4) is 0 Å². The van der Waals surface area contributed by atoms with Gasteiger partial charge in [0.15, 0.2) is 5.78 Å². The Hall–Kier alpha value is -1.62. The smallest absolute Gasteiger partial charge is 0.268 e. The van der Waals surface area contributed by atoms with Crippen LogP contribution in [0.15, 0.2) is 0 Å². The fourth-order valence-electron chi connectivity index (χ4n) is 3.76. The van der Waals surface area contributed by atoms with E-state index in [-0.39, 0.29) is 23.1 Å². The SMILES string of the molecule is Cc1c(C(=O)NC[C@H](C(C)C)N(C)C)[nH]c2c1C(=O)CC(C)(C)C2. The van der Waals surface area contributed by atoms with Crippen LogP contribution in [0.4, 0.5) is 0 Å². The molecule has 1 amide bonds. The van der Waals surface area contributed by atoms with E-state index in [1.807, 2.05) is 21.0 Å². The van der Waals surface area contributed by atoms with Crippen molar-refractivity contribution in [3.05, 3.63) is 22.5 Å². The van der Waals surface area contributed by atoms with E-state index >= 15 is 0 Å². The summed E-state index contributed by atoms with van der Waals surface area (Å²) in [4.78, 5) is 30.4. The highest BCUT2D eigenvalue weighted by molar-refractivity contribution is 6.04. The average molecular weight is 333 g/mol. The van der Waals surface area contributed by atoms with Crippen molar-refractivity contribution in [3.63, 3.8) is 0 Å². The van der Waals surface area contributed by atoms with Crippen LogP contribution in [0.25, 0.3) is 0 Å². The van der Waals surface area contributed by atoms with Gasteiger partial charge in [0.05, 0.1) is 0 Å². The van der Waals surface area contributed by atoms with Gasteiger partial charge in [-0.2, -0.15) is 0 Å². The second-order valence-corrected chi connectivity index (χ2v) is 8.40. The van der Waals surface area contributed by atoms with Crippen LogP contribution in [0.1, 0.15) is 66.2 Å². The monoisotopic (exact) mass is 333 g/mol. The normalized spacial score (nSPS) is 18.0. The van der Waals surface area contributed by atoms with Crippen molar-refractivity contribution in [2.75, 3.05) is 20.6 Å². The number of carbonyl (C=O) groups is 2. The van der Waals surface area contributed by atoms with Crippen LogP contribution in [-0.2, 0) is 6.42 Å². The number of fused-ring (bicyclic) bond motifs is 1. The fraction of sp³-hybridized carbons (Fsp3) is 0.684. The molecule has 1 aromatic heterocycles. The number of Topliss-reactive ketones (excluding diaryl/α,β-unsaturated/α-hetero) is 1. The van der Waals surface area contributed by atoms with Gasteiger partial charge in [0.25, 0.3) is 5.91 Å². The van der Waals surface area contributed by atoms with Crippen molar-refractivity contribution >= 4 is 11.7 Å². The maximum Gasteiger partial charge on any atom is 0.268 e. The summed E-state index contributed by atoms with van der Waals surface area (Å²) in [6.07, 6.45) is 1.34. The van der Waals surface area contributed by atoms with E-state index in [4.69, 9.17) is 0 Å². The zero-order chi connectivity index (χ0) is 18.2. The van der Waals surface area contributed by atoms with Gasteiger partial charge in [0.1, 0.15) is 5.69 Å². The lowest BCUT2D eigenvalue weighted by atomic mass is 9.75. The molecule has 5 heteroatoms. The minimum atomic E-state index is -0.125. The summed E-state index contributed by atoms with van der Waals surface area (Å²) in [5.74, 6) is 0.461. The van der Waals surface area contributed by atoms with Gasteiger partial charge < -0.3 is 15.2 Å². The Morgan fingerprint density at radius 3 is 2.46 bits per heavy atom. The van der Waals surface area contributed by atoms with Crippen LogP contribution < -0.4 is 5.32 Å². The lowest BCUT2D eigenvalue weighted by Gasteiger charge is -2.28. The molecule has 1 aromatic rings. The number of amides is 1. The lowest BCUT2D eigenvalue weighted by Crippen LogP contribution is -2.43. The highest BCUT2D eigenvalue weighted by Gasteiger charge is 2.35. The minimum Gasteiger partial charge on any atom is -0.354 e. The zero-order valence-corrected chi connectivity index (χ0v) is 16.0. The summed E-state index contributed by atoms with van der Waals surface area (Å²) in [7, 11) is 4.05. The first-order chi connectivity index (χ1) is 11.0. The third-order valence-corrected chi connectivity index (χ3v) is 5.03. The van der Waals surface area contributed by atoms with Crippen LogP contribution in [0, 0.1) is 18.3 Å². The molecule has 1 heterocycles. The Bertz CT molecular complexity index is 633. The molecule has 5 nitrogen and oxygen atoms in total. The Morgan fingerprint density at radius 2 is 1.92 bits per heavy atom. The highest BCUT2D eigenvalue weighted by atomic mass is 16.2. The Morgan fingerprint density at radius 1 is 1.29 bits per heavy atom. The number of hydrogen-bond acceptors (Lipinski definition) is 3. The molecule has 2 N–H and O–H groups in total. The molecule has 1 aliphatic rings. The molecule has 0 aromatic carbocycles. The molecule has 0 bridgehead atoms. The first-order valence-electron chi connectivity index (χ1n) is 8.72. The van der Waals surface area contributed by atoms with Crippen LogP contribution in [0.5, 0.6) is 0 Å². The quantitative estimate of drug-likeness (QED) is 0.871. The van der Waals surface area contributed by atoms with Gasteiger partial charge in [0, 0.05) is 30.3 Å². The molecule has 0 saturated heterocycles. The number of rotatable bonds is 5. The summed E-state index contributed by atoms with van der Waals surface area (Å²) in [6, 6.07) is 0.277. The van der Waals surface area contributed by atoms with Gasteiger partial charge >= 0.3 is 0 Å². The van der Waals surface area contributed by atoms with Crippen molar-refractivity contribution < 1.29 is 9.59 Å². The van der Waals surface area contributed by atoms with Crippen LogP contribution >= 0.6 is 0 Å². The summed E-state index contributed by atoms with van der Waals surface area (Å²) in [6.45, 7) is 10.9. The van der Waals surface area contributed by atoms with Crippen LogP contribution in [-0.4, -0.2) is 48.3 Å². The number of aromatic amines is 1. The Labute approximate surface area is 145 Å². The highest BCUT2D eigenvalue weighted by Crippen LogP contribution is 2.36. The van der Waals surface area contributed by atoms with Gasteiger partial charge in [-0.1, -0.05) is 27.7 Å². The maximum atomic E-state index is 12.6. The molecule has 0 spiro atoms. The third kappa shape index (κ3) is 3.72. The number of nitrogens with zero attached hydrogens (tertiary/aromatic N) is 1. The topological polar surface area (TPSA) is 65.2 Å². The standard InChI is InChI=1S/C19H31N3O2/c1-11(2)14(22(6)7)10-20-18(24)17-12(3)16-13(21-17)8-19(4,5)9-15(16)23/h11,14,21H,8-10H2,1-7H3,(H,20,24)/t14-/m1/s1. The molecule has 134 valence electrons. The summed E-state index contributed by atoms with van der Waals surface area (Å²) >= 11 is 0. The maximum absolute atomic E-state index is 12.6. The molecule has 0 radical (unpaired) electrons. The molecule has 24 heavy (non-hydrogen) atoms. The summed E-state index contributed by atoms with van der Waals surface area (Å²) < 4.78 is 0. The van der Waals surface area contributed by atoms with Gasteiger partial charge in [-0.05, 0) is 44.3 Å². The molecule has 0 saturated carbocycles. The van der Waals surface area contributed by atoms with Crippen molar-refractivity contribution in [2.45, 2.75) is 53.5 Å². The van der Waals surface area contributed by atoms with Crippen molar-refractivity contribution in [1.82, 2.24) is 15.2 Å². The third-order valence-electron chi connectivity index (χ3n) is 5.03. The van der Waals surface area contributed by atoms with E-state index in [1.165, 1.54) is 0 Å².